The van der Waals surface area contributed by atoms with Crippen molar-refractivity contribution in [1.82, 2.24) is 19.8 Å². The van der Waals surface area contributed by atoms with Gasteiger partial charge in [-0.25, -0.2) is 14.6 Å². The zero-order valence-electron chi connectivity index (χ0n) is 27.3. The van der Waals surface area contributed by atoms with Crippen LogP contribution in [0.2, 0.25) is 0 Å². The number of hydrogen-bond donors (Lipinski definition) is 1. The van der Waals surface area contributed by atoms with Crippen LogP contribution in [0.3, 0.4) is 0 Å². The van der Waals surface area contributed by atoms with Crippen LogP contribution in [0.4, 0.5) is 21.0 Å². The quantitative estimate of drug-likeness (QED) is 0.236. The molecule has 245 valence electrons. The zero-order valence-corrected chi connectivity index (χ0v) is 29.8. The number of nitriles is 1. The number of amides is 2. The molecule has 0 aliphatic carbocycles. The van der Waals surface area contributed by atoms with Crippen molar-refractivity contribution >= 4 is 59.9 Å². The van der Waals surface area contributed by atoms with Crippen molar-refractivity contribution in [1.29, 1.82) is 5.26 Å². The molecule has 4 heterocycles. The van der Waals surface area contributed by atoms with Gasteiger partial charge in [0.15, 0.2) is 0 Å². The number of carbonyl (C=O) groups excluding carboxylic acids is 2. The van der Waals surface area contributed by atoms with Crippen molar-refractivity contribution in [3.8, 4) is 6.07 Å². The zero-order chi connectivity index (χ0) is 34.0. The van der Waals surface area contributed by atoms with E-state index in [2.05, 4.69) is 60.5 Å². The Morgan fingerprint density at radius 1 is 0.867 bits per heavy atom. The Morgan fingerprint density at radius 3 is 1.58 bits per heavy atom. The number of hydrogen-bond acceptors (Lipinski definition) is 11. The number of ether oxygens (including phenoxy) is 2. The molecule has 2 aromatic rings. The molecular formula is C30H45BBrN8O4S. The Kier molecular flexibility index (Phi) is 17.5. The third-order valence-electron chi connectivity index (χ3n) is 5.95. The monoisotopic (exact) mass is 703 g/mol. The van der Waals surface area contributed by atoms with Gasteiger partial charge in [0, 0.05) is 65.5 Å². The number of rotatable bonds is 2. The molecule has 0 unspecified atom stereocenters. The molecule has 2 aromatic heterocycles. The second kappa shape index (κ2) is 19.9. The van der Waals surface area contributed by atoms with Gasteiger partial charge in [0.2, 0.25) is 0 Å². The molecule has 0 spiro atoms. The van der Waals surface area contributed by atoms with Crippen LogP contribution in [-0.4, -0.2) is 103 Å². The van der Waals surface area contributed by atoms with E-state index in [1.165, 1.54) is 6.92 Å². The van der Waals surface area contributed by atoms with E-state index in [1.54, 1.807) is 22.1 Å². The molecule has 1 radical (unpaired) electrons. The molecule has 0 bridgehead atoms. The molecule has 0 aromatic carbocycles. The Morgan fingerprint density at radius 2 is 1.27 bits per heavy atom. The first-order valence-corrected chi connectivity index (χ1v) is 15.7. The minimum atomic E-state index is -0.441. The number of thiol groups is 1. The predicted molar refractivity (Wildman–Crippen MR) is 185 cm³/mol. The topological polar surface area (TPSA) is 127 Å². The van der Waals surface area contributed by atoms with Crippen LogP contribution in [0.25, 0.3) is 0 Å². The number of anilines is 2. The van der Waals surface area contributed by atoms with Crippen molar-refractivity contribution < 1.29 is 19.1 Å². The van der Waals surface area contributed by atoms with E-state index in [1.807, 2.05) is 78.2 Å². The predicted octanol–water partition coefficient (Wildman–Crippen LogP) is 5.75. The molecule has 15 heteroatoms. The summed E-state index contributed by atoms with van der Waals surface area (Å²) in [6.45, 7) is 18.7. The van der Waals surface area contributed by atoms with Crippen LogP contribution >= 0.6 is 28.7 Å². The third-order valence-corrected chi connectivity index (χ3v) is 6.42. The summed E-state index contributed by atoms with van der Waals surface area (Å²) in [7, 11) is 4.34. The number of pyridine rings is 2. The van der Waals surface area contributed by atoms with E-state index in [9.17, 15) is 9.59 Å². The Labute approximate surface area is 282 Å². The van der Waals surface area contributed by atoms with Crippen LogP contribution in [0.15, 0.2) is 51.8 Å². The van der Waals surface area contributed by atoms with Crippen molar-refractivity contribution in [2.24, 2.45) is 4.30 Å². The summed E-state index contributed by atoms with van der Waals surface area (Å²) in [5.74, 6) is 0. The van der Waals surface area contributed by atoms with Crippen molar-refractivity contribution in [2.45, 2.75) is 59.7 Å². The summed E-state index contributed by atoms with van der Waals surface area (Å²) in [6, 6.07) is 9.67. The molecule has 2 fully saturated rings. The SMILES string of the molecule is CC#N.CC(C)(C)OC(=O)N1CCN(c2ccc(Br)nc2)CC1.CC(C)(C)OC(=O)N1CCN(c2cccnc2)CC1.[B]=NS. The summed E-state index contributed by atoms with van der Waals surface area (Å²) in [6.07, 6.45) is 5.00. The van der Waals surface area contributed by atoms with Gasteiger partial charge >= 0.3 is 36.9 Å². The Balaban J connectivity index is 0.000000384. The standard InChI is InChI=1S/C14H20BrN3O2.C14H21N3O2.C2H3N.BHNS/c1-14(2,3)20-13(19)18-8-6-17(7-9-18)11-4-5-12(15)16-10-11;1-14(2,3)19-13(18)17-9-7-16(8-10-17)12-5-4-6-15-11-12;2*1-2-3/h4-5,10H,6-9H2,1-3H3;4-6,11H,7-10H2,1-3H3;1H3;3H. The van der Waals surface area contributed by atoms with E-state index in [4.69, 9.17) is 14.7 Å². The fourth-order valence-electron chi connectivity index (χ4n) is 4.04. The number of aromatic nitrogens is 2. The number of nitrogens with zero attached hydrogens (tertiary/aromatic N) is 8. The van der Waals surface area contributed by atoms with Crippen LogP contribution in [0, 0.1) is 11.3 Å². The van der Waals surface area contributed by atoms with Gasteiger partial charge < -0.3 is 29.1 Å². The Hall–Kier alpha value is -3.38. The molecular weight excluding hydrogens is 659 g/mol. The van der Waals surface area contributed by atoms with Gasteiger partial charge in [0.1, 0.15) is 15.8 Å². The fourth-order valence-corrected chi connectivity index (χ4v) is 4.28. The van der Waals surface area contributed by atoms with Gasteiger partial charge in [-0.1, -0.05) is 0 Å². The van der Waals surface area contributed by atoms with Gasteiger partial charge in [0.25, 0.3) is 0 Å². The van der Waals surface area contributed by atoms with Gasteiger partial charge in [-0.05, 0) is 81.7 Å². The first-order valence-electron chi connectivity index (χ1n) is 14.5. The van der Waals surface area contributed by atoms with E-state index in [0.717, 1.165) is 42.2 Å². The van der Waals surface area contributed by atoms with Gasteiger partial charge in [-0.2, -0.15) is 5.26 Å². The first kappa shape index (κ1) is 39.6. The van der Waals surface area contributed by atoms with Crippen LogP contribution in [0.5, 0.6) is 0 Å². The van der Waals surface area contributed by atoms with E-state index in [-0.39, 0.29) is 12.2 Å². The summed E-state index contributed by atoms with van der Waals surface area (Å²) >= 11 is 6.52. The van der Waals surface area contributed by atoms with Crippen LogP contribution < -0.4 is 9.80 Å². The van der Waals surface area contributed by atoms with Crippen molar-refractivity contribution in [3.63, 3.8) is 0 Å². The van der Waals surface area contributed by atoms with Gasteiger partial charge in [-0.3, -0.25) is 4.98 Å². The maximum absolute atomic E-state index is 12.0. The van der Waals surface area contributed by atoms with E-state index in [0.29, 0.717) is 26.2 Å². The fraction of sp³-hybridized carbons (Fsp3) is 0.567. The summed E-state index contributed by atoms with van der Waals surface area (Å²) in [5.41, 5.74) is 1.31. The molecule has 45 heavy (non-hydrogen) atoms. The summed E-state index contributed by atoms with van der Waals surface area (Å²) < 4.78 is 14.3. The number of piperazine rings is 2. The molecule has 4 rings (SSSR count). The Bertz CT molecular complexity index is 1210. The van der Waals surface area contributed by atoms with Gasteiger partial charge in [-0.15, -0.1) is 0 Å². The molecule has 12 nitrogen and oxygen atoms in total. The number of halogens is 1. The minimum absolute atomic E-state index is 0.224. The maximum atomic E-state index is 12.0. The average molecular weight is 705 g/mol. The van der Waals surface area contributed by atoms with Crippen molar-refractivity contribution in [2.75, 3.05) is 62.2 Å². The average Bonchev–Trinajstić information content (AvgIpc) is 2.98. The summed E-state index contributed by atoms with van der Waals surface area (Å²) in [5, 5.41) is 7.32. The molecule has 2 saturated heterocycles. The molecule has 2 aliphatic rings. The molecule has 2 amide bonds. The number of carbonyl (C=O) groups is 2. The third kappa shape index (κ3) is 16.5. The molecule has 2 aliphatic heterocycles. The second-order valence-electron chi connectivity index (χ2n) is 11.8. The van der Waals surface area contributed by atoms with Crippen molar-refractivity contribution in [3.05, 3.63) is 47.5 Å². The molecule has 0 atom stereocenters. The van der Waals surface area contributed by atoms with E-state index >= 15 is 0 Å². The van der Waals surface area contributed by atoms with Crippen LogP contribution in [0.1, 0.15) is 48.5 Å². The molecule has 0 saturated carbocycles. The first-order chi connectivity index (χ1) is 21.1. The van der Waals surface area contributed by atoms with E-state index < -0.39 is 11.2 Å². The normalized spacial score (nSPS) is 14.6. The van der Waals surface area contributed by atoms with Crippen LogP contribution in [-0.2, 0) is 9.47 Å². The van der Waals surface area contributed by atoms with Gasteiger partial charge in [0.05, 0.1) is 29.8 Å². The second-order valence-corrected chi connectivity index (χ2v) is 12.8. The molecule has 0 N–H and O–H groups in total. The summed E-state index contributed by atoms with van der Waals surface area (Å²) in [4.78, 5) is 40.2.